The van der Waals surface area contributed by atoms with E-state index in [9.17, 15) is 8.42 Å². The lowest BCUT2D eigenvalue weighted by Crippen LogP contribution is -2.44. The van der Waals surface area contributed by atoms with Crippen molar-refractivity contribution in [2.45, 2.75) is 4.90 Å². The lowest BCUT2D eigenvalue weighted by atomic mass is 10.3. The van der Waals surface area contributed by atoms with Crippen LogP contribution >= 0.6 is 0 Å². The van der Waals surface area contributed by atoms with Crippen LogP contribution in [0.3, 0.4) is 0 Å². The number of piperazine rings is 1. The highest BCUT2D eigenvalue weighted by molar-refractivity contribution is 7.90. The number of benzene rings is 1. The number of nitrogens with one attached hydrogen (secondary N) is 1. The molecule has 1 N–H and O–H groups in total. The van der Waals surface area contributed by atoms with Crippen molar-refractivity contribution in [3.63, 3.8) is 0 Å². The fraction of sp³-hybridized carbons (Fsp3) is 0.538. The Kier molecular flexibility index (Phi) is 4.79. The summed E-state index contributed by atoms with van der Waals surface area (Å²) >= 11 is 0. The van der Waals surface area contributed by atoms with Crippen molar-refractivity contribution in [2.24, 2.45) is 0 Å². The van der Waals surface area contributed by atoms with Gasteiger partial charge >= 0.3 is 0 Å². The topological polar surface area (TPSA) is 58.6 Å². The average Bonchev–Trinajstić information content (AvgIpc) is 2.39. The summed E-state index contributed by atoms with van der Waals surface area (Å²) in [6.07, 6.45) is 1.20. The molecule has 1 saturated heterocycles. The van der Waals surface area contributed by atoms with E-state index in [-0.39, 0.29) is 0 Å². The summed E-state index contributed by atoms with van der Waals surface area (Å²) in [5.74, 6) is 0.609. The molecule has 1 aliphatic heterocycles. The molecule has 0 atom stereocenters. The third kappa shape index (κ3) is 4.49. The number of nitrogens with zero attached hydrogens (tertiary/aromatic N) is 1. The molecule has 1 aromatic carbocycles. The van der Waals surface area contributed by atoms with Crippen molar-refractivity contribution in [1.29, 1.82) is 0 Å². The number of sulfone groups is 1. The van der Waals surface area contributed by atoms with Crippen LogP contribution in [-0.2, 0) is 9.84 Å². The van der Waals surface area contributed by atoms with Gasteiger partial charge in [0, 0.05) is 39.0 Å². The maximum absolute atomic E-state index is 11.4. The Balaban J connectivity index is 1.85. The van der Waals surface area contributed by atoms with Gasteiger partial charge in [0.05, 0.1) is 4.90 Å². The fourth-order valence-corrected chi connectivity index (χ4v) is 2.68. The quantitative estimate of drug-likeness (QED) is 0.847. The van der Waals surface area contributed by atoms with E-state index in [2.05, 4.69) is 10.2 Å². The highest BCUT2D eigenvalue weighted by Gasteiger charge is 2.10. The molecule has 1 heterocycles. The minimum absolute atomic E-state index is 0.298. The first-order valence-corrected chi connectivity index (χ1v) is 8.31. The summed E-state index contributed by atoms with van der Waals surface area (Å²) in [5, 5.41) is 3.30. The van der Waals surface area contributed by atoms with E-state index in [1.54, 1.807) is 24.3 Å². The second-order valence-electron chi connectivity index (χ2n) is 4.69. The number of rotatable bonds is 5. The van der Waals surface area contributed by atoms with E-state index in [4.69, 9.17) is 4.74 Å². The molecule has 5 nitrogen and oxygen atoms in total. The average molecular weight is 284 g/mol. The molecule has 0 aromatic heterocycles. The van der Waals surface area contributed by atoms with E-state index >= 15 is 0 Å². The molecule has 0 unspecified atom stereocenters. The van der Waals surface area contributed by atoms with Crippen LogP contribution in [-0.4, -0.2) is 58.9 Å². The number of hydrogen-bond acceptors (Lipinski definition) is 5. The third-order valence-electron chi connectivity index (χ3n) is 3.12. The normalized spacial score (nSPS) is 17.3. The summed E-state index contributed by atoms with van der Waals surface area (Å²) in [4.78, 5) is 2.63. The molecule has 0 amide bonds. The third-order valence-corrected chi connectivity index (χ3v) is 4.23. The molecule has 1 fully saturated rings. The summed E-state index contributed by atoms with van der Waals surface area (Å²) in [6, 6.07) is 6.65. The molecule has 0 bridgehead atoms. The summed E-state index contributed by atoms with van der Waals surface area (Å²) in [6.45, 7) is 5.55. The lowest BCUT2D eigenvalue weighted by molar-refractivity contribution is 0.191. The van der Waals surface area contributed by atoms with Gasteiger partial charge in [0.2, 0.25) is 0 Å². The van der Waals surface area contributed by atoms with E-state index < -0.39 is 9.84 Å². The zero-order valence-electron chi connectivity index (χ0n) is 11.1. The van der Waals surface area contributed by atoms with Crippen LogP contribution in [0.5, 0.6) is 5.75 Å². The van der Waals surface area contributed by atoms with Gasteiger partial charge in [-0.05, 0) is 18.2 Å². The molecule has 0 aliphatic carbocycles. The van der Waals surface area contributed by atoms with Gasteiger partial charge in [-0.2, -0.15) is 0 Å². The standard InChI is InChI=1S/C13H20N2O3S/c1-19(16,17)13-4-2-3-12(11-13)18-10-9-15-7-5-14-6-8-15/h2-4,11,14H,5-10H2,1H3. The largest absolute Gasteiger partial charge is 0.492 e. The smallest absolute Gasteiger partial charge is 0.175 e. The van der Waals surface area contributed by atoms with Gasteiger partial charge in [-0.3, -0.25) is 4.90 Å². The van der Waals surface area contributed by atoms with Crippen LogP contribution in [0.15, 0.2) is 29.2 Å². The van der Waals surface area contributed by atoms with E-state index in [1.807, 2.05) is 0 Å². The molecule has 1 aliphatic rings. The second-order valence-corrected chi connectivity index (χ2v) is 6.70. The highest BCUT2D eigenvalue weighted by atomic mass is 32.2. The molecule has 0 radical (unpaired) electrons. The molecule has 19 heavy (non-hydrogen) atoms. The van der Waals surface area contributed by atoms with Crippen molar-refractivity contribution < 1.29 is 13.2 Å². The Morgan fingerprint density at radius 3 is 2.74 bits per heavy atom. The van der Waals surface area contributed by atoms with Crippen LogP contribution in [0.4, 0.5) is 0 Å². The van der Waals surface area contributed by atoms with Crippen molar-refractivity contribution >= 4 is 9.84 Å². The predicted octanol–water partition coefficient (Wildman–Crippen LogP) is 0.374. The van der Waals surface area contributed by atoms with Crippen LogP contribution in [0.25, 0.3) is 0 Å². The maximum Gasteiger partial charge on any atom is 0.175 e. The van der Waals surface area contributed by atoms with E-state index in [1.165, 1.54) is 6.26 Å². The Labute approximate surface area is 114 Å². The van der Waals surface area contributed by atoms with Gasteiger partial charge in [-0.15, -0.1) is 0 Å². The van der Waals surface area contributed by atoms with Gasteiger partial charge in [-0.1, -0.05) is 6.07 Å². The van der Waals surface area contributed by atoms with Crippen molar-refractivity contribution in [1.82, 2.24) is 10.2 Å². The van der Waals surface area contributed by atoms with Crippen LogP contribution in [0, 0.1) is 0 Å². The van der Waals surface area contributed by atoms with Gasteiger partial charge < -0.3 is 10.1 Å². The Bertz CT molecular complexity index is 510. The molecule has 106 valence electrons. The molecular weight excluding hydrogens is 264 g/mol. The molecule has 1 aromatic rings. The molecule has 2 rings (SSSR count). The summed E-state index contributed by atoms with van der Waals surface area (Å²) in [7, 11) is -3.17. The second kappa shape index (κ2) is 6.36. The van der Waals surface area contributed by atoms with Crippen molar-refractivity contribution in [3.8, 4) is 5.75 Å². The Morgan fingerprint density at radius 2 is 2.05 bits per heavy atom. The highest BCUT2D eigenvalue weighted by Crippen LogP contribution is 2.17. The first-order chi connectivity index (χ1) is 9.05. The maximum atomic E-state index is 11.4. The fourth-order valence-electron chi connectivity index (χ4n) is 2.02. The Morgan fingerprint density at radius 1 is 1.32 bits per heavy atom. The number of ether oxygens (including phenoxy) is 1. The van der Waals surface area contributed by atoms with Crippen molar-refractivity contribution in [2.75, 3.05) is 45.6 Å². The van der Waals surface area contributed by atoms with E-state index in [0.717, 1.165) is 32.7 Å². The molecular formula is C13H20N2O3S. The molecule has 0 spiro atoms. The monoisotopic (exact) mass is 284 g/mol. The molecule has 6 heteroatoms. The zero-order valence-corrected chi connectivity index (χ0v) is 11.9. The van der Waals surface area contributed by atoms with E-state index in [0.29, 0.717) is 17.3 Å². The summed E-state index contributed by atoms with van der Waals surface area (Å²) < 4.78 is 28.5. The van der Waals surface area contributed by atoms with Crippen LogP contribution < -0.4 is 10.1 Å². The van der Waals surface area contributed by atoms with Crippen LogP contribution in [0.1, 0.15) is 0 Å². The minimum atomic E-state index is -3.17. The Hall–Kier alpha value is -1.11. The van der Waals surface area contributed by atoms with Crippen LogP contribution in [0.2, 0.25) is 0 Å². The van der Waals surface area contributed by atoms with Crippen molar-refractivity contribution in [3.05, 3.63) is 24.3 Å². The first kappa shape index (κ1) is 14.3. The van der Waals surface area contributed by atoms with Gasteiger partial charge in [0.15, 0.2) is 9.84 Å². The first-order valence-electron chi connectivity index (χ1n) is 6.42. The SMILES string of the molecule is CS(=O)(=O)c1cccc(OCCN2CCNCC2)c1. The van der Waals surface area contributed by atoms with Gasteiger partial charge in [0.1, 0.15) is 12.4 Å². The number of hydrogen-bond donors (Lipinski definition) is 1. The summed E-state index contributed by atoms with van der Waals surface area (Å²) in [5.41, 5.74) is 0. The lowest BCUT2D eigenvalue weighted by Gasteiger charge is -2.26. The van der Waals surface area contributed by atoms with Gasteiger partial charge in [0.25, 0.3) is 0 Å². The van der Waals surface area contributed by atoms with Gasteiger partial charge in [-0.25, -0.2) is 8.42 Å². The zero-order chi connectivity index (χ0) is 13.7. The predicted molar refractivity (Wildman–Crippen MR) is 74.4 cm³/mol. The molecule has 0 saturated carbocycles. The minimum Gasteiger partial charge on any atom is -0.492 e.